The number of hydrogen-bond acceptors (Lipinski definition) is 3. The number of hydrogen-bond donors (Lipinski definition) is 0. The zero-order valence-electron chi connectivity index (χ0n) is 13.0. The van der Waals surface area contributed by atoms with Gasteiger partial charge in [-0.05, 0) is 42.0 Å². The molecule has 2 aliphatic rings. The molecule has 0 radical (unpaired) electrons. The van der Waals surface area contributed by atoms with Gasteiger partial charge in [0, 0.05) is 6.42 Å². The van der Waals surface area contributed by atoms with Crippen LogP contribution < -0.4 is 0 Å². The Morgan fingerprint density at radius 3 is 2.52 bits per heavy atom. The molecule has 2 atom stereocenters. The van der Waals surface area contributed by atoms with E-state index < -0.39 is 5.41 Å². The molecular weight excluding hydrogens is 288 g/mol. The summed E-state index contributed by atoms with van der Waals surface area (Å²) in [5, 5.41) is 0. The molecule has 0 heterocycles. The number of Topliss-reactive ketones (excluding diaryl/α,β-unsaturated/α-hetero) is 1. The van der Waals surface area contributed by atoms with Crippen LogP contribution in [0.4, 0.5) is 0 Å². The van der Waals surface area contributed by atoms with E-state index in [-0.39, 0.29) is 17.7 Å². The fourth-order valence-corrected chi connectivity index (χ4v) is 4.31. The summed E-state index contributed by atoms with van der Waals surface area (Å²) >= 11 is 0. The van der Waals surface area contributed by atoms with E-state index in [1.54, 1.807) is 13.0 Å². The third kappa shape index (κ3) is 1.76. The van der Waals surface area contributed by atoms with E-state index in [1.807, 2.05) is 36.4 Å². The highest BCUT2D eigenvalue weighted by atomic mass is 16.5. The van der Waals surface area contributed by atoms with E-state index in [2.05, 4.69) is 6.07 Å². The summed E-state index contributed by atoms with van der Waals surface area (Å²) in [6.45, 7) is 2.12. The molecule has 0 bridgehead atoms. The first-order chi connectivity index (χ1) is 11.2. The summed E-state index contributed by atoms with van der Waals surface area (Å²) in [5.41, 5.74) is 2.97. The predicted molar refractivity (Wildman–Crippen MR) is 86.4 cm³/mol. The van der Waals surface area contributed by atoms with Gasteiger partial charge in [0.25, 0.3) is 0 Å². The standard InChI is InChI=1S/C20H18O3/c1-2-23-19(22)15-8-4-6-10-17(15)20-14(12-18(20)21)11-13-7-3-5-9-16(13)20/h3-10,14H,2,11-12H2,1H3. The molecule has 4 rings (SSSR count). The van der Waals surface area contributed by atoms with Gasteiger partial charge in [0.15, 0.2) is 0 Å². The number of esters is 1. The lowest BCUT2D eigenvalue weighted by atomic mass is 9.55. The zero-order valence-corrected chi connectivity index (χ0v) is 13.0. The number of carbonyl (C=O) groups is 2. The molecule has 0 spiro atoms. The summed E-state index contributed by atoms with van der Waals surface area (Å²) in [7, 11) is 0. The molecule has 1 fully saturated rings. The number of rotatable bonds is 3. The van der Waals surface area contributed by atoms with Gasteiger partial charge >= 0.3 is 5.97 Å². The third-order valence-electron chi connectivity index (χ3n) is 5.24. The first-order valence-corrected chi connectivity index (χ1v) is 8.08. The van der Waals surface area contributed by atoms with Crippen LogP contribution in [0.1, 0.15) is 40.4 Å². The Morgan fingerprint density at radius 2 is 1.78 bits per heavy atom. The predicted octanol–water partition coefficient (Wildman–Crippen LogP) is 3.29. The van der Waals surface area contributed by atoms with Crippen LogP contribution >= 0.6 is 0 Å². The van der Waals surface area contributed by atoms with Gasteiger partial charge in [0.05, 0.1) is 17.6 Å². The molecule has 2 aromatic rings. The van der Waals surface area contributed by atoms with Crippen molar-refractivity contribution in [2.45, 2.75) is 25.2 Å². The molecular formula is C20H18O3. The summed E-state index contributed by atoms with van der Waals surface area (Å²) in [6.07, 6.45) is 1.49. The fraction of sp³-hybridized carbons (Fsp3) is 0.300. The number of carbonyl (C=O) groups excluding carboxylic acids is 2. The number of ketones is 1. The highest BCUT2D eigenvalue weighted by Crippen LogP contribution is 2.58. The highest BCUT2D eigenvalue weighted by Gasteiger charge is 2.61. The minimum Gasteiger partial charge on any atom is -0.462 e. The fourth-order valence-electron chi connectivity index (χ4n) is 4.31. The smallest absolute Gasteiger partial charge is 0.338 e. The van der Waals surface area contributed by atoms with Crippen molar-refractivity contribution in [1.82, 2.24) is 0 Å². The van der Waals surface area contributed by atoms with Gasteiger partial charge in [-0.1, -0.05) is 42.5 Å². The Labute approximate surface area is 135 Å². The van der Waals surface area contributed by atoms with Crippen LogP contribution in [-0.4, -0.2) is 18.4 Å². The van der Waals surface area contributed by atoms with Crippen LogP contribution in [0.25, 0.3) is 0 Å². The summed E-state index contributed by atoms with van der Waals surface area (Å²) in [4.78, 5) is 25.2. The van der Waals surface area contributed by atoms with Crippen molar-refractivity contribution < 1.29 is 14.3 Å². The van der Waals surface area contributed by atoms with Crippen LogP contribution in [-0.2, 0) is 21.4 Å². The van der Waals surface area contributed by atoms with Crippen molar-refractivity contribution >= 4 is 11.8 Å². The van der Waals surface area contributed by atoms with Gasteiger partial charge < -0.3 is 4.74 Å². The van der Waals surface area contributed by atoms with E-state index in [4.69, 9.17) is 4.74 Å². The number of fused-ring (bicyclic) bond motifs is 3. The van der Waals surface area contributed by atoms with Gasteiger partial charge in [-0.3, -0.25) is 4.79 Å². The third-order valence-corrected chi connectivity index (χ3v) is 5.24. The van der Waals surface area contributed by atoms with Gasteiger partial charge in [0.2, 0.25) is 0 Å². The van der Waals surface area contributed by atoms with E-state index >= 15 is 0 Å². The maximum Gasteiger partial charge on any atom is 0.338 e. The van der Waals surface area contributed by atoms with E-state index in [0.29, 0.717) is 18.6 Å². The van der Waals surface area contributed by atoms with Crippen molar-refractivity contribution in [1.29, 1.82) is 0 Å². The van der Waals surface area contributed by atoms with Crippen LogP contribution in [0, 0.1) is 5.92 Å². The molecule has 0 aromatic heterocycles. The molecule has 0 amide bonds. The van der Waals surface area contributed by atoms with E-state index in [9.17, 15) is 9.59 Å². The molecule has 23 heavy (non-hydrogen) atoms. The van der Waals surface area contributed by atoms with Crippen molar-refractivity contribution in [3.63, 3.8) is 0 Å². The molecule has 2 aromatic carbocycles. The lowest BCUT2D eigenvalue weighted by molar-refractivity contribution is -0.133. The van der Waals surface area contributed by atoms with E-state index in [1.165, 1.54) is 5.56 Å². The second-order valence-electron chi connectivity index (χ2n) is 6.26. The van der Waals surface area contributed by atoms with Crippen molar-refractivity contribution in [3.05, 3.63) is 70.8 Å². The Morgan fingerprint density at radius 1 is 1.09 bits per heavy atom. The van der Waals surface area contributed by atoms with Crippen LogP contribution in [0.2, 0.25) is 0 Å². The molecule has 3 heteroatoms. The molecule has 1 saturated carbocycles. The largest absolute Gasteiger partial charge is 0.462 e. The van der Waals surface area contributed by atoms with Gasteiger partial charge in [-0.25, -0.2) is 4.79 Å². The minimum absolute atomic E-state index is 0.212. The molecule has 0 saturated heterocycles. The Balaban J connectivity index is 1.94. The second-order valence-corrected chi connectivity index (χ2v) is 6.26. The monoisotopic (exact) mass is 306 g/mol. The topological polar surface area (TPSA) is 43.4 Å². The summed E-state index contributed by atoms with van der Waals surface area (Å²) < 4.78 is 5.21. The maximum absolute atomic E-state index is 12.8. The molecule has 2 unspecified atom stereocenters. The van der Waals surface area contributed by atoms with Gasteiger partial charge in [-0.2, -0.15) is 0 Å². The molecule has 0 aliphatic heterocycles. The zero-order chi connectivity index (χ0) is 16.0. The Kier molecular flexibility index (Phi) is 3.12. The number of ether oxygens (including phenoxy) is 1. The molecule has 3 nitrogen and oxygen atoms in total. The van der Waals surface area contributed by atoms with E-state index in [0.717, 1.165) is 17.5 Å². The normalized spacial score (nSPS) is 24.6. The lowest BCUT2D eigenvalue weighted by Gasteiger charge is -2.45. The van der Waals surface area contributed by atoms with Crippen LogP contribution in [0.5, 0.6) is 0 Å². The molecule has 116 valence electrons. The maximum atomic E-state index is 12.8. The molecule has 2 aliphatic carbocycles. The van der Waals surface area contributed by atoms with Gasteiger partial charge in [0.1, 0.15) is 5.78 Å². The average molecular weight is 306 g/mol. The summed E-state index contributed by atoms with van der Waals surface area (Å²) in [6, 6.07) is 15.5. The first kappa shape index (κ1) is 14.2. The second kappa shape index (κ2) is 5.05. The Bertz CT molecular complexity index is 808. The van der Waals surface area contributed by atoms with Gasteiger partial charge in [-0.15, -0.1) is 0 Å². The van der Waals surface area contributed by atoms with Crippen LogP contribution in [0.15, 0.2) is 48.5 Å². The van der Waals surface area contributed by atoms with Crippen molar-refractivity contribution in [2.75, 3.05) is 6.61 Å². The van der Waals surface area contributed by atoms with Crippen molar-refractivity contribution in [3.8, 4) is 0 Å². The Hall–Kier alpha value is -2.42. The highest BCUT2D eigenvalue weighted by molar-refractivity contribution is 6.05. The quantitative estimate of drug-likeness (QED) is 0.817. The van der Waals surface area contributed by atoms with Crippen molar-refractivity contribution in [2.24, 2.45) is 5.92 Å². The summed E-state index contributed by atoms with van der Waals surface area (Å²) in [5.74, 6) is 0.118. The SMILES string of the molecule is CCOC(=O)c1ccccc1C12C(=O)CC1Cc1ccccc12. The first-order valence-electron chi connectivity index (χ1n) is 8.08. The number of benzene rings is 2. The average Bonchev–Trinajstić information content (AvgIpc) is 2.83. The lowest BCUT2D eigenvalue weighted by Crippen LogP contribution is -2.52. The molecule has 0 N–H and O–H groups in total. The minimum atomic E-state index is -0.653. The van der Waals surface area contributed by atoms with Crippen LogP contribution in [0.3, 0.4) is 0 Å².